The van der Waals surface area contributed by atoms with Crippen molar-refractivity contribution in [3.63, 3.8) is 0 Å². The Morgan fingerprint density at radius 3 is 2.80 bits per heavy atom. The zero-order chi connectivity index (χ0) is 14.5. The Labute approximate surface area is 123 Å². The van der Waals surface area contributed by atoms with E-state index < -0.39 is 0 Å². The average molecular weight is 290 g/mol. The topological polar surface area (TPSA) is 38.1 Å². The zero-order valence-electron chi connectivity index (χ0n) is 11.7. The Morgan fingerprint density at radius 1 is 1.40 bits per heavy atom. The van der Waals surface area contributed by atoms with Crippen molar-refractivity contribution in [2.75, 3.05) is 11.4 Å². The van der Waals surface area contributed by atoms with Gasteiger partial charge >= 0.3 is 0 Å². The van der Waals surface area contributed by atoms with Crippen molar-refractivity contribution in [1.29, 1.82) is 0 Å². The van der Waals surface area contributed by atoms with E-state index in [1.807, 2.05) is 18.2 Å². The third-order valence-corrected chi connectivity index (χ3v) is 4.02. The van der Waals surface area contributed by atoms with Gasteiger partial charge in [-0.15, -0.1) is 0 Å². The molecule has 1 amide bonds. The average Bonchev–Trinajstić information content (AvgIpc) is 2.91. The molecule has 1 aliphatic heterocycles. The lowest BCUT2D eigenvalue weighted by molar-refractivity contribution is 0.0986. The molecule has 0 aliphatic carbocycles. The highest BCUT2D eigenvalue weighted by Crippen LogP contribution is 2.44. The molecule has 2 heterocycles. The van der Waals surface area contributed by atoms with Gasteiger partial charge < -0.3 is 4.90 Å². The fourth-order valence-corrected chi connectivity index (χ4v) is 3.26. The highest BCUT2D eigenvalue weighted by atomic mass is 35.5. The number of carbonyl (C=O) groups is 1. The van der Waals surface area contributed by atoms with Crippen LogP contribution in [0.2, 0.25) is 5.02 Å². The zero-order valence-corrected chi connectivity index (χ0v) is 12.5. The first-order valence-electron chi connectivity index (χ1n) is 6.50. The predicted molar refractivity (Wildman–Crippen MR) is 79.4 cm³/mol. The van der Waals surface area contributed by atoms with Gasteiger partial charge in [-0.3, -0.25) is 9.48 Å². The number of rotatable bonds is 1. The summed E-state index contributed by atoms with van der Waals surface area (Å²) in [6, 6.07) is 5.70. The molecule has 2 aromatic rings. The van der Waals surface area contributed by atoms with Crippen LogP contribution < -0.4 is 4.90 Å². The van der Waals surface area contributed by atoms with Gasteiger partial charge in [-0.05, 0) is 12.1 Å². The first kappa shape index (κ1) is 13.2. The van der Waals surface area contributed by atoms with Crippen molar-refractivity contribution in [3.05, 3.63) is 46.7 Å². The summed E-state index contributed by atoms with van der Waals surface area (Å²) in [6.45, 7) is 4.84. The molecule has 1 aromatic carbocycles. The number of fused-ring (bicyclic) bond motifs is 1. The summed E-state index contributed by atoms with van der Waals surface area (Å²) in [5.74, 6) is -0.0350. The molecule has 0 bridgehead atoms. The van der Waals surface area contributed by atoms with Crippen LogP contribution in [0.4, 0.5) is 5.69 Å². The Kier molecular flexibility index (Phi) is 2.87. The van der Waals surface area contributed by atoms with Crippen molar-refractivity contribution >= 4 is 23.2 Å². The van der Waals surface area contributed by atoms with Crippen LogP contribution >= 0.6 is 11.6 Å². The SMILES string of the molecule is Cn1cc(C(=O)N2CC(C)(C)c3c(Cl)cccc32)cn1. The lowest BCUT2D eigenvalue weighted by atomic mass is 9.87. The van der Waals surface area contributed by atoms with Gasteiger partial charge in [0.1, 0.15) is 0 Å². The van der Waals surface area contributed by atoms with E-state index in [2.05, 4.69) is 18.9 Å². The van der Waals surface area contributed by atoms with Gasteiger partial charge in [-0.1, -0.05) is 31.5 Å². The van der Waals surface area contributed by atoms with E-state index in [0.717, 1.165) is 11.3 Å². The van der Waals surface area contributed by atoms with Gasteiger partial charge in [0.15, 0.2) is 0 Å². The van der Waals surface area contributed by atoms with Crippen molar-refractivity contribution in [3.8, 4) is 0 Å². The number of hydrogen-bond acceptors (Lipinski definition) is 2. The Hall–Kier alpha value is -1.81. The van der Waals surface area contributed by atoms with E-state index >= 15 is 0 Å². The molecule has 1 aromatic heterocycles. The number of anilines is 1. The molecule has 4 nitrogen and oxygen atoms in total. The van der Waals surface area contributed by atoms with Crippen LogP contribution in [0.15, 0.2) is 30.6 Å². The maximum absolute atomic E-state index is 12.7. The molecule has 0 saturated heterocycles. The number of aryl methyl sites for hydroxylation is 1. The number of amides is 1. The van der Waals surface area contributed by atoms with Gasteiger partial charge in [-0.25, -0.2) is 0 Å². The summed E-state index contributed by atoms with van der Waals surface area (Å²) in [6.07, 6.45) is 3.33. The smallest absolute Gasteiger partial charge is 0.261 e. The van der Waals surface area contributed by atoms with E-state index in [0.29, 0.717) is 17.1 Å². The molecule has 104 valence electrons. The standard InChI is InChI=1S/C15H16ClN3O/c1-15(2)9-19(12-6-4-5-11(16)13(12)15)14(20)10-7-17-18(3)8-10/h4-8H,9H2,1-3H3. The van der Waals surface area contributed by atoms with E-state index in [4.69, 9.17) is 11.6 Å². The van der Waals surface area contributed by atoms with Gasteiger partial charge in [0, 0.05) is 41.5 Å². The van der Waals surface area contributed by atoms with Crippen LogP contribution in [0.25, 0.3) is 0 Å². The molecule has 1 aliphatic rings. The van der Waals surface area contributed by atoms with Crippen LogP contribution in [-0.4, -0.2) is 22.2 Å². The largest absolute Gasteiger partial charge is 0.307 e. The van der Waals surface area contributed by atoms with E-state index in [1.54, 1.807) is 29.0 Å². The summed E-state index contributed by atoms with van der Waals surface area (Å²) >= 11 is 6.32. The minimum Gasteiger partial charge on any atom is -0.307 e. The fraction of sp³-hybridized carbons (Fsp3) is 0.333. The lowest BCUT2D eigenvalue weighted by Gasteiger charge is -2.20. The summed E-state index contributed by atoms with van der Waals surface area (Å²) in [5, 5.41) is 4.78. The number of hydrogen-bond donors (Lipinski definition) is 0. The molecule has 0 unspecified atom stereocenters. The first-order valence-corrected chi connectivity index (χ1v) is 6.87. The molecule has 20 heavy (non-hydrogen) atoms. The quantitative estimate of drug-likeness (QED) is 0.809. The number of halogens is 1. The molecule has 0 spiro atoms. The van der Waals surface area contributed by atoms with Crippen molar-refractivity contribution in [2.24, 2.45) is 7.05 Å². The van der Waals surface area contributed by atoms with E-state index in [1.165, 1.54) is 0 Å². The minimum absolute atomic E-state index is 0.0350. The van der Waals surface area contributed by atoms with Gasteiger partial charge in [0.05, 0.1) is 11.8 Å². The first-order chi connectivity index (χ1) is 9.40. The summed E-state index contributed by atoms with van der Waals surface area (Å²) in [4.78, 5) is 14.4. The van der Waals surface area contributed by atoms with Crippen LogP contribution in [0.3, 0.4) is 0 Å². The lowest BCUT2D eigenvalue weighted by Crippen LogP contribution is -2.33. The number of aromatic nitrogens is 2. The maximum Gasteiger partial charge on any atom is 0.261 e. The number of nitrogens with zero attached hydrogens (tertiary/aromatic N) is 3. The normalized spacial score (nSPS) is 16.3. The number of carbonyl (C=O) groups excluding carboxylic acids is 1. The van der Waals surface area contributed by atoms with Crippen LogP contribution in [0, 0.1) is 0 Å². The second-order valence-electron chi connectivity index (χ2n) is 5.81. The highest BCUT2D eigenvalue weighted by molar-refractivity contribution is 6.32. The number of benzene rings is 1. The molecular formula is C15H16ClN3O. The predicted octanol–water partition coefficient (Wildman–Crippen LogP) is 3.01. The third kappa shape index (κ3) is 1.91. The van der Waals surface area contributed by atoms with E-state index in [-0.39, 0.29) is 11.3 Å². The summed E-state index contributed by atoms with van der Waals surface area (Å²) in [7, 11) is 1.80. The van der Waals surface area contributed by atoms with Crippen molar-refractivity contribution in [2.45, 2.75) is 19.3 Å². The second-order valence-corrected chi connectivity index (χ2v) is 6.22. The molecule has 5 heteroatoms. The molecule has 0 radical (unpaired) electrons. The molecule has 0 N–H and O–H groups in total. The molecule has 0 saturated carbocycles. The highest BCUT2D eigenvalue weighted by Gasteiger charge is 2.39. The fourth-order valence-electron chi connectivity index (χ4n) is 2.84. The summed E-state index contributed by atoms with van der Waals surface area (Å²) < 4.78 is 1.63. The monoisotopic (exact) mass is 289 g/mol. The second kappa shape index (κ2) is 4.35. The van der Waals surface area contributed by atoms with Gasteiger partial charge in [-0.2, -0.15) is 5.10 Å². The molecule has 0 atom stereocenters. The van der Waals surface area contributed by atoms with Crippen LogP contribution in [0.1, 0.15) is 29.8 Å². The third-order valence-electron chi connectivity index (χ3n) is 3.71. The Morgan fingerprint density at radius 2 is 2.15 bits per heavy atom. The molecule has 3 rings (SSSR count). The molecule has 0 fully saturated rings. The Balaban J connectivity index is 2.06. The Bertz CT molecular complexity index is 690. The van der Waals surface area contributed by atoms with Crippen LogP contribution in [0.5, 0.6) is 0 Å². The van der Waals surface area contributed by atoms with Gasteiger partial charge in [0.25, 0.3) is 5.91 Å². The van der Waals surface area contributed by atoms with Crippen molar-refractivity contribution in [1.82, 2.24) is 9.78 Å². The van der Waals surface area contributed by atoms with Crippen molar-refractivity contribution < 1.29 is 4.79 Å². The summed E-state index contributed by atoms with van der Waals surface area (Å²) in [5.41, 5.74) is 2.39. The minimum atomic E-state index is -0.147. The van der Waals surface area contributed by atoms with Gasteiger partial charge in [0.2, 0.25) is 0 Å². The van der Waals surface area contributed by atoms with E-state index in [9.17, 15) is 4.79 Å². The maximum atomic E-state index is 12.7. The molecular weight excluding hydrogens is 274 g/mol. The van der Waals surface area contributed by atoms with Crippen LogP contribution in [-0.2, 0) is 12.5 Å².